The smallest absolute Gasteiger partial charge is 0.133 e. The molecule has 0 aliphatic heterocycles. The average Bonchev–Trinajstić information content (AvgIpc) is 2.26. The van der Waals surface area contributed by atoms with E-state index in [-0.39, 0.29) is 0 Å². The second-order valence-electron chi connectivity index (χ2n) is 2.82. The standard InChI is InChI=1S/C12H10BrNS/c1-3-10-9(7-15-8-14)5-6-12(13)11(10)4-2/h3-6H,1-2,7H2. The maximum atomic E-state index is 8.53. The Morgan fingerprint density at radius 3 is 2.53 bits per heavy atom. The summed E-state index contributed by atoms with van der Waals surface area (Å²) in [6.45, 7) is 7.56. The Balaban J connectivity index is 3.23. The summed E-state index contributed by atoms with van der Waals surface area (Å²) in [5.41, 5.74) is 3.18. The molecule has 0 unspecified atom stereocenters. The first-order valence-corrected chi connectivity index (χ1v) is 6.09. The van der Waals surface area contributed by atoms with Crippen LogP contribution in [0, 0.1) is 10.7 Å². The van der Waals surface area contributed by atoms with E-state index in [0.717, 1.165) is 21.2 Å². The number of thiocyanates is 1. The number of hydrogen-bond acceptors (Lipinski definition) is 2. The SMILES string of the molecule is C=Cc1c(Br)ccc(CSC#N)c1C=C. The molecule has 0 bridgehead atoms. The van der Waals surface area contributed by atoms with Crippen molar-refractivity contribution in [2.24, 2.45) is 0 Å². The number of nitriles is 1. The number of halogens is 1. The van der Waals surface area contributed by atoms with E-state index in [4.69, 9.17) is 5.26 Å². The minimum atomic E-state index is 0.673. The van der Waals surface area contributed by atoms with Crippen LogP contribution in [-0.2, 0) is 5.75 Å². The van der Waals surface area contributed by atoms with E-state index in [1.165, 1.54) is 11.8 Å². The van der Waals surface area contributed by atoms with Crippen molar-refractivity contribution in [3.63, 3.8) is 0 Å². The molecule has 1 aromatic carbocycles. The van der Waals surface area contributed by atoms with Crippen molar-refractivity contribution in [1.29, 1.82) is 5.26 Å². The second-order valence-corrected chi connectivity index (χ2v) is 4.44. The monoisotopic (exact) mass is 279 g/mol. The molecule has 0 atom stereocenters. The molecular formula is C12H10BrNS. The van der Waals surface area contributed by atoms with Gasteiger partial charge in [-0.15, -0.1) is 0 Å². The minimum absolute atomic E-state index is 0.673. The third-order valence-electron chi connectivity index (χ3n) is 2.02. The summed E-state index contributed by atoms with van der Waals surface area (Å²) in [6.07, 6.45) is 3.59. The van der Waals surface area contributed by atoms with Crippen LogP contribution in [-0.4, -0.2) is 0 Å². The maximum Gasteiger partial charge on any atom is 0.133 e. The lowest BCUT2D eigenvalue weighted by Crippen LogP contribution is -1.91. The molecule has 0 radical (unpaired) electrons. The molecule has 0 saturated heterocycles. The lowest BCUT2D eigenvalue weighted by atomic mass is 10.0. The fraction of sp³-hybridized carbons (Fsp3) is 0.0833. The van der Waals surface area contributed by atoms with E-state index in [1.54, 1.807) is 12.2 Å². The van der Waals surface area contributed by atoms with Crippen LogP contribution in [0.2, 0.25) is 0 Å². The van der Waals surface area contributed by atoms with Crippen molar-refractivity contribution in [2.75, 3.05) is 0 Å². The van der Waals surface area contributed by atoms with Gasteiger partial charge in [0.05, 0.1) is 0 Å². The van der Waals surface area contributed by atoms with E-state index in [2.05, 4.69) is 34.5 Å². The zero-order valence-electron chi connectivity index (χ0n) is 8.16. The minimum Gasteiger partial charge on any atom is -0.185 e. The number of benzene rings is 1. The van der Waals surface area contributed by atoms with Gasteiger partial charge in [0.2, 0.25) is 0 Å². The number of nitrogens with zero attached hydrogens (tertiary/aromatic N) is 1. The molecule has 0 heterocycles. The van der Waals surface area contributed by atoms with Gasteiger partial charge in [-0.2, -0.15) is 5.26 Å². The molecule has 76 valence electrons. The quantitative estimate of drug-likeness (QED) is 0.761. The lowest BCUT2D eigenvalue weighted by Gasteiger charge is -2.09. The van der Waals surface area contributed by atoms with Gasteiger partial charge < -0.3 is 0 Å². The van der Waals surface area contributed by atoms with Gasteiger partial charge >= 0.3 is 0 Å². The number of thioether (sulfide) groups is 1. The molecule has 1 aromatic rings. The molecule has 3 heteroatoms. The van der Waals surface area contributed by atoms with Crippen LogP contribution in [0.4, 0.5) is 0 Å². The Labute approximate surface area is 103 Å². The van der Waals surface area contributed by atoms with Gasteiger partial charge in [-0.25, -0.2) is 0 Å². The van der Waals surface area contributed by atoms with Gasteiger partial charge in [-0.05, 0) is 34.5 Å². The van der Waals surface area contributed by atoms with E-state index in [1.807, 2.05) is 12.1 Å². The number of hydrogen-bond donors (Lipinski definition) is 0. The Hall–Kier alpha value is -0.980. The maximum absolute atomic E-state index is 8.53. The number of rotatable bonds is 4. The van der Waals surface area contributed by atoms with E-state index >= 15 is 0 Å². The Morgan fingerprint density at radius 2 is 2.00 bits per heavy atom. The van der Waals surface area contributed by atoms with Crippen LogP contribution in [0.3, 0.4) is 0 Å². The first kappa shape index (κ1) is 12.1. The summed E-state index contributed by atoms with van der Waals surface area (Å²) in [7, 11) is 0. The van der Waals surface area contributed by atoms with Crippen LogP contribution in [0.5, 0.6) is 0 Å². The Bertz CT molecular complexity index is 432. The molecule has 0 spiro atoms. The first-order chi connectivity index (χ1) is 7.24. The molecule has 0 aromatic heterocycles. The largest absolute Gasteiger partial charge is 0.185 e. The molecule has 0 saturated carbocycles. The molecule has 0 amide bonds. The summed E-state index contributed by atoms with van der Waals surface area (Å²) in [4.78, 5) is 0. The van der Waals surface area contributed by atoms with Gasteiger partial charge in [0.25, 0.3) is 0 Å². The topological polar surface area (TPSA) is 23.8 Å². The van der Waals surface area contributed by atoms with Gasteiger partial charge in [-0.1, -0.05) is 47.3 Å². The highest BCUT2D eigenvalue weighted by molar-refractivity contribution is 9.10. The van der Waals surface area contributed by atoms with Crippen LogP contribution in [0.1, 0.15) is 16.7 Å². The van der Waals surface area contributed by atoms with Crippen molar-refractivity contribution in [3.8, 4) is 5.40 Å². The molecule has 1 rings (SSSR count). The highest BCUT2D eigenvalue weighted by Crippen LogP contribution is 2.28. The highest BCUT2D eigenvalue weighted by atomic mass is 79.9. The van der Waals surface area contributed by atoms with Gasteiger partial charge in [0, 0.05) is 10.2 Å². The molecular weight excluding hydrogens is 270 g/mol. The van der Waals surface area contributed by atoms with Crippen LogP contribution in [0.15, 0.2) is 29.8 Å². The van der Waals surface area contributed by atoms with E-state index in [0.29, 0.717) is 5.75 Å². The third-order valence-corrected chi connectivity index (χ3v) is 3.30. The second kappa shape index (κ2) is 5.79. The van der Waals surface area contributed by atoms with Crippen molar-refractivity contribution in [3.05, 3.63) is 46.5 Å². The van der Waals surface area contributed by atoms with Crippen molar-refractivity contribution < 1.29 is 0 Å². The lowest BCUT2D eigenvalue weighted by molar-refractivity contribution is 1.37. The average molecular weight is 280 g/mol. The fourth-order valence-electron chi connectivity index (χ4n) is 1.34. The summed E-state index contributed by atoms with van der Waals surface area (Å²) < 4.78 is 0.998. The van der Waals surface area contributed by atoms with E-state index < -0.39 is 0 Å². The summed E-state index contributed by atoms with van der Waals surface area (Å²) >= 11 is 4.68. The fourth-order valence-corrected chi connectivity index (χ4v) is 2.32. The van der Waals surface area contributed by atoms with Crippen molar-refractivity contribution in [1.82, 2.24) is 0 Å². The van der Waals surface area contributed by atoms with Crippen molar-refractivity contribution in [2.45, 2.75) is 5.75 Å². The first-order valence-electron chi connectivity index (χ1n) is 4.31. The molecule has 0 aliphatic carbocycles. The third kappa shape index (κ3) is 2.74. The van der Waals surface area contributed by atoms with Gasteiger partial charge in [0.1, 0.15) is 5.40 Å². The Morgan fingerprint density at radius 1 is 1.33 bits per heavy atom. The zero-order chi connectivity index (χ0) is 11.3. The predicted molar refractivity (Wildman–Crippen MR) is 71.2 cm³/mol. The van der Waals surface area contributed by atoms with E-state index in [9.17, 15) is 0 Å². The normalized spacial score (nSPS) is 9.33. The zero-order valence-corrected chi connectivity index (χ0v) is 10.6. The van der Waals surface area contributed by atoms with Gasteiger partial charge in [-0.3, -0.25) is 0 Å². The summed E-state index contributed by atoms with van der Waals surface area (Å²) in [5.74, 6) is 0.673. The van der Waals surface area contributed by atoms with Crippen LogP contribution >= 0.6 is 27.7 Å². The molecule has 1 nitrogen and oxygen atoms in total. The molecule has 0 aliphatic rings. The molecule has 15 heavy (non-hydrogen) atoms. The highest BCUT2D eigenvalue weighted by Gasteiger charge is 2.06. The molecule has 0 fully saturated rings. The summed E-state index contributed by atoms with van der Waals surface area (Å²) in [5, 5.41) is 10.6. The van der Waals surface area contributed by atoms with Crippen LogP contribution < -0.4 is 0 Å². The summed E-state index contributed by atoms with van der Waals surface area (Å²) in [6, 6.07) is 3.97. The predicted octanol–water partition coefficient (Wildman–Crippen LogP) is 4.45. The Kier molecular flexibility index (Phi) is 4.67. The molecule has 0 N–H and O–H groups in total. The van der Waals surface area contributed by atoms with Gasteiger partial charge in [0.15, 0.2) is 0 Å². The van der Waals surface area contributed by atoms with Crippen LogP contribution in [0.25, 0.3) is 12.2 Å². The van der Waals surface area contributed by atoms with Crippen molar-refractivity contribution >= 4 is 39.8 Å².